The predicted molar refractivity (Wildman–Crippen MR) is 152 cm³/mol. The molecule has 0 aromatic heterocycles. The molecule has 0 aliphatic carbocycles. The first kappa shape index (κ1) is 30.9. The molecule has 0 heterocycles. The molecule has 0 saturated carbocycles. The molecule has 7 nitrogen and oxygen atoms in total. The van der Waals surface area contributed by atoms with Crippen LogP contribution in [0, 0.1) is 13.8 Å². The maximum atomic E-state index is 13.5. The number of halogens is 2. The van der Waals surface area contributed by atoms with Gasteiger partial charge < -0.3 is 10.2 Å². The molecule has 0 unspecified atom stereocenters. The van der Waals surface area contributed by atoms with Crippen LogP contribution < -0.4 is 9.62 Å². The molecule has 0 bridgehead atoms. The second-order valence-electron chi connectivity index (χ2n) is 9.44. The molecule has 204 valence electrons. The van der Waals surface area contributed by atoms with Crippen molar-refractivity contribution in [2.24, 2.45) is 0 Å². The summed E-state index contributed by atoms with van der Waals surface area (Å²) in [5.41, 5.74) is 2.91. The van der Waals surface area contributed by atoms with Gasteiger partial charge in [-0.15, -0.1) is 0 Å². The van der Waals surface area contributed by atoms with Crippen molar-refractivity contribution in [2.45, 2.75) is 72.5 Å². The van der Waals surface area contributed by atoms with E-state index in [0.29, 0.717) is 21.3 Å². The lowest BCUT2D eigenvalue weighted by atomic mass is 10.1. The summed E-state index contributed by atoms with van der Waals surface area (Å²) >= 11 is 12.7. The minimum Gasteiger partial charge on any atom is -0.352 e. The summed E-state index contributed by atoms with van der Waals surface area (Å²) in [6.45, 7) is 9.46. The first-order chi connectivity index (χ1) is 17.3. The van der Waals surface area contributed by atoms with Crippen molar-refractivity contribution in [3.8, 4) is 0 Å². The topological polar surface area (TPSA) is 86.8 Å². The Hall–Kier alpha value is -2.29. The number of benzene rings is 2. The van der Waals surface area contributed by atoms with Gasteiger partial charge in [-0.1, -0.05) is 48.3 Å². The molecule has 0 aliphatic heterocycles. The summed E-state index contributed by atoms with van der Waals surface area (Å²) in [4.78, 5) is 27.8. The normalized spacial score (nSPS) is 13.1. The lowest BCUT2D eigenvalue weighted by Gasteiger charge is -2.31. The standard InChI is InChI=1S/C27H37Cl2N3O4S/c1-7-20(4)30-27(34)21(5)31(17-22-23(28)10-8-11-24(22)29)26(33)12-9-15-32(37(6,35)36)25-16-18(2)13-14-19(25)3/h8,10-11,13-14,16,20-21H,7,9,12,15,17H2,1-6H3,(H,30,34)/t20-,21-/m1/s1. The minimum atomic E-state index is -3.57. The lowest BCUT2D eigenvalue weighted by molar-refractivity contribution is -0.140. The van der Waals surface area contributed by atoms with Crippen LogP contribution in [0.3, 0.4) is 0 Å². The third-order valence-corrected chi connectivity index (χ3v) is 8.23. The fraction of sp³-hybridized carbons (Fsp3) is 0.481. The Morgan fingerprint density at radius 3 is 2.24 bits per heavy atom. The van der Waals surface area contributed by atoms with Gasteiger partial charge in [0, 0.05) is 41.2 Å². The number of sulfonamides is 1. The Balaban J connectivity index is 2.26. The quantitative estimate of drug-likeness (QED) is 0.366. The largest absolute Gasteiger partial charge is 0.352 e. The third-order valence-electron chi connectivity index (χ3n) is 6.34. The Kier molecular flexibility index (Phi) is 11.3. The molecule has 37 heavy (non-hydrogen) atoms. The van der Waals surface area contributed by atoms with E-state index in [0.717, 1.165) is 23.8 Å². The highest BCUT2D eigenvalue weighted by atomic mass is 35.5. The van der Waals surface area contributed by atoms with Crippen LogP contribution >= 0.6 is 23.2 Å². The lowest BCUT2D eigenvalue weighted by Crippen LogP contribution is -2.49. The number of rotatable bonds is 12. The van der Waals surface area contributed by atoms with E-state index in [1.54, 1.807) is 25.1 Å². The Morgan fingerprint density at radius 2 is 1.68 bits per heavy atom. The van der Waals surface area contributed by atoms with Crippen molar-refractivity contribution < 1.29 is 18.0 Å². The fourth-order valence-electron chi connectivity index (χ4n) is 3.87. The number of aryl methyl sites for hydroxylation is 2. The molecule has 0 spiro atoms. The van der Waals surface area contributed by atoms with E-state index in [1.807, 2.05) is 45.9 Å². The first-order valence-electron chi connectivity index (χ1n) is 12.3. The van der Waals surface area contributed by atoms with Gasteiger partial charge in [0.1, 0.15) is 6.04 Å². The monoisotopic (exact) mass is 569 g/mol. The van der Waals surface area contributed by atoms with Gasteiger partial charge >= 0.3 is 0 Å². The molecule has 2 atom stereocenters. The number of hydrogen-bond acceptors (Lipinski definition) is 4. The van der Waals surface area contributed by atoms with Crippen LogP contribution in [0.2, 0.25) is 10.0 Å². The summed E-state index contributed by atoms with van der Waals surface area (Å²) < 4.78 is 26.5. The maximum absolute atomic E-state index is 13.5. The Bertz CT molecular complexity index is 1200. The van der Waals surface area contributed by atoms with Gasteiger partial charge in [0.15, 0.2) is 0 Å². The number of nitrogens with zero attached hydrogens (tertiary/aromatic N) is 2. The highest BCUT2D eigenvalue weighted by Gasteiger charge is 2.28. The highest BCUT2D eigenvalue weighted by molar-refractivity contribution is 7.92. The number of carbonyl (C=O) groups is 2. The van der Waals surface area contributed by atoms with E-state index >= 15 is 0 Å². The van der Waals surface area contributed by atoms with Crippen LogP contribution in [0.25, 0.3) is 0 Å². The zero-order valence-electron chi connectivity index (χ0n) is 22.3. The maximum Gasteiger partial charge on any atom is 0.242 e. The van der Waals surface area contributed by atoms with Gasteiger partial charge in [-0.05, 0) is 69.9 Å². The van der Waals surface area contributed by atoms with E-state index < -0.39 is 16.1 Å². The zero-order valence-corrected chi connectivity index (χ0v) is 24.7. The average Bonchev–Trinajstić information content (AvgIpc) is 2.82. The van der Waals surface area contributed by atoms with E-state index in [4.69, 9.17) is 23.2 Å². The molecule has 0 aliphatic rings. The highest BCUT2D eigenvalue weighted by Crippen LogP contribution is 2.28. The molecular formula is C27H37Cl2N3O4S. The van der Waals surface area contributed by atoms with Gasteiger partial charge in [-0.25, -0.2) is 8.42 Å². The molecule has 0 radical (unpaired) electrons. The van der Waals surface area contributed by atoms with E-state index in [-0.39, 0.29) is 43.8 Å². The molecule has 2 amide bonds. The molecule has 2 aromatic rings. The number of nitrogens with one attached hydrogen (secondary N) is 1. The second kappa shape index (κ2) is 13.5. The number of carbonyl (C=O) groups excluding carboxylic acids is 2. The van der Waals surface area contributed by atoms with Gasteiger partial charge in [-0.2, -0.15) is 0 Å². The molecular weight excluding hydrogens is 533 g/mol. The van der Waals surface area contributed by atoms with Crippen LogP contribution in [0.5, 0.6) is 0 Å². The third kappa shape index (κ3) is 8.62. The second-order valence-corrected chi connectivity index (χ2v) is 12.2. The zero-order chi connectivity index (χ0) is 27.9. The van der Waals surface area contributed by atoms with Crippen molar-refractivity contribution in [1.82, 2.24) is 10.2 Å². The van der Waals surface area contributed by atoms with Crippen LogP contribution in [-0.4, -0.2) is 50.0 Å². The minimum absolute atomic E-state index is 0.0416. The SMILES string of the molecule is CC[C@@H](C)NC(=O)[C@@H](C)N(Cc1c(Cl)cccc1Cl)C(=O)CCCN(c1cc(C)ccc1C)S(C)(=O)=O. The van der Waals surface area contributed by atoms with Crippen LogP contribution in [0.4, 0.5) is 5.69 Å². The molecule has 2 aromatic carbocycles. The van der Waals surface area contributed by atoms with Gasteiger partial charge in [-0.3, -0.25) is 13.9 Å². The number of hydrogen-bond donors (Lipinski definition) is 1. The molecule has 0 saturated heterocycles. The molecule has 10 heteroatoms. The van der Waals surface area contributed by atoms with Crippen molar-refractivity contribution in [1.29, 1.82) is 0 Å². The van der Waals surface area contributed by atoms with Gasteiger partial charge in [0.25, 0.3) is 0 Å². The molecule has 2 rings (SSSR count). The predicted octanol–water partition coefficient (Wildman–Crippen LogP) is 5.49. The van der Waals surface area contributed by atoms with Crippen molar-refractivity contribution >= 4 is 50.7 Å². The van der Waals surface area contributed by atoms with Gasteiger partial charge in [0.2, 0.25) is 21.8 Å². The number of anilines is 1. The Morgan fingerprint density at radius 1 is 1.05 bits per heavy atom. The smallest absolute Gasteiger partial charge is 0.242 e. The van der Waals surface area contributed by atoms with Crippen molar-refractivity contribution in [3.05, 3.63) is 63.1 Å². The van der Waals surface area contributed by atoms with E-state index in [2.05, 4.69) is 5.32 Å². The van der Waals surface area contributed by atoms with E-state index in [1.165, 1.54) is 9.21 Å². The summed E-state index contributed by atoms with van der Waals surface area (Å²) in [5.74, 6) is -0.573. The van der Waals surface area contributed by atoms with Crippen LogP contribution in [0.1, 0.15) is 56.7 Å². The summed E-state index contributed by atoms with van der Waals surface area (Å²) in [7, 11) is -3.57. The van der Waals surface area contributed by atoms with Gasteiger partial charge in [0.05, 0.1) is 11.9 Å². The number of amides is 2. The fourth-order valence-corrected chi connectivity index (χ4v) is 5.40. The molecule has 1 N–H and O–H groups in total. The van der Waals surface area contributed by atoms with Crippen molar-refractivity contribution in [3.63, 3.8) is 0 Å². The van der Waals surface area contributed by atoms with Crippen LogP contribution in [-0.2, 0) is 26.2 Å². The summed E-state index contributed by atoms with van der Waals surface area (Å²) in [6.07, 6.45) is 2.22. The van der Waals surface area contributed by atoms with E-state index in [9.17, 15) is 18.0 Å². The average molecular weight is 571 g/mol. The summed E-state index contributed by atoms with van der Waals surface area (Å²) in [5, 5.41) is 3.72. The first-order valence-corrected chi connectivity index (χ1v) is 14.9. The van der Waals surface area contributed by atoms with Crippen LogP contribution in [0.15, 0.2) is 36.4 Å². The Labute approximate surface area is 231 Å². The molecule has 0 fully saturated rings. The van der Waals surface area contributed by atoms with Crippen molar-refractivity contribution in [2.75, 3.05) is 17.1 Å². The summed E-state index contributed by atoms with van der Waals surface area (Å²) in [6, 6.07) is 9.88.